The molecule has 1 aliphatic heterocycles. The summed E-state index contributed by atoms with van der Waals surface area (Å²) in [6, 6.07) is 18.7. The summed E-state index contributed by atoms with van der Waals surface area (Å²) in [5.41, 5.74) is 3.37. The van der Waals surface area contributed by atoms with Gasteiger partial charge in [-0.2, -0.15) is 0 Å². The van der Waals surface area contributed by atoms with E-state index >= 15 is 0 Å². The maximum absolute atomic E-state index is 11.2. The fourth-order valence-corrected chi connectivity index (χ4v) is 3.77. The monoisotopic (exact) mass is 378 g/mol. The minimum atomic E-state index is -0.0562. The fourth-order valence-electron chi connectivity index (χ4n) is 3.77. The standard InChI is InChI=1S/C23H30N4O/c1-18(28)26-22-10-6-9-21(16-22)17-25-23(24-2)27-13-11-20(12-14-27)15-19-7-4-3-5-8-19/h3-10,16,20H,11-15,17H2,1-2H3,(H,24,25)(H,26,28). The van der Waals surface area contributed by atoms with Gasteiger partial charge in [0.05, 0.1) is 0 Å². The number of hydrogen-bond acceptors (Lipinski definition) is 2. The number of carbonyl (C=O) groups is 1. The molecular formula is C23H30N4O. The number of piperidine rings is 1. The van der Waals surface area contributed by atoms with E-state index in [1.54, 1.807) is 0 Å². The first kappa shape index (κ1) is 19.9. The summed E-state index contributed by atoms with van der Waals surface area (Å²) in [7, 11) is 1.84. The second-order valence-corrected chi connectivity index (χ2v) is 7.40. The minimum absolute atomic E-state index is 0.0562. The SMILES string of the molecule is CN=C(NCc1cccc(NC(C)=O)c1)N1CCC(Cc2ccccc2)CC1. The molecule has 1 fully saturated rings. The Morgan fingerprint density at radius 2 is 1.79 bits per heavy atom. The van der Waals surface area contributed by atoms with Crippen molar-refractivity contribution in [3.05, 3.63) is 65.7 Å². The highest BCUT2D eigenvalue weighted by Gasteiger charge is 2.21. The fraction of sp³-hybridized carbons (Fsp3) is 0.391. The number of likely N-dealkylation sites (tertiary alicyclic amines) is 1. The molecule has 2 aromatic carbocycles. The highest BCUT2D eigenvalue weighted by Crippen LogP contribution is 2.21. The zero-order chi connectivity index (χ0) is 19.8. The van der Waals surface area contributed by atoms with Crippen LogP contribution in [0.2, 0.25) is 0 Å². The summed E-state index contributed by atoms with van der Waals surface area (Å²) in [6.07, 6.45) is 3.54. The second-order valence-electron chi connectivity index (χ2n) is 7.40. The molecular weight excluding hydrogens is 348 g/mol. The van der Waals surface area contributed by atoms with E-state index in [1.807, 2.05) is 25.2 Å². The second kappa shape index (κ2) is 9.93. The smallest absolute Gasteiger partial charge is 0.221 e. The third-order valence-electron chi connectivity index (χ3n) is 5.19. The molecule has 0 aromatic heterocycles. The lowest BCUT2D eigenvalue weighted by atomic mass is 9.90. The molecule has 1 saturated heterocycles. The number of nitrogens with zero attached hydrogens (tertiary/aromatic N) is 2. The van der Waals surface area contributed by atoms with Gasteiger partial charge in [-0.25, -0.2) is 0 Å². The van der Waals surface area contributed by atoms with Crippen LogP contribution in [0.15, 0.2) is 59.6 Å². The van der Waals surface area contributed by atoms with Crippen LogP contribution in [0.5, 0.6) is 0 Å². The average molecular weight is 379 g/mol. The number of rotatable bonds is 5. The summed E-state index contributed by atoms with van der Waals surface area (Å²) in [4.78, 5) is 18.0. The number of carbonyl (C=O) groups excluding carboxylic acids is 1. The Balaban J connectivity index is 1.49. The molecule has 0 spiro atoms. The van der Waals surface area contributed by atoms with Crippen LogP contribution in [0.3, 0.4) is 0 Å². The van der Waals surface area contributed by atoms with Gasteiger partial charge < -0.3 is 15.5 Å². The van der Waals surface area contributed by atoms with Crippen molar-refractivity contribution in [2.45, 2.75) is 32.7 Å². The Bertz CT molecular complexity index is 795. The van der Waals surface area contributed by atoms with Crippen molar-refractivity contribution in [2.75, 3.05) is 25.5 Å². The van der Waals surface area contributed by atoms with Crippen LogP contribution >= 0.6 is 0 Å². The first-order valence-corrected chi connectivity index (χ1v) is 10.00. The number of aliphatic imine (C=N–C) groups is 1. The number of benzene rings is 2. The van der Waals surface area contributed by atoms with Gasteiger partial charge in [-0.15, -0.1) is 0 Å². The molecule has 2 N–H and O–H groups in total. The maximum Gasteiger partial charge on any atom is 0.221 e. The molecule has 5 heteroatoms. The molecule has 0 unspecified atom stereocenters. The Morgan fingerprint density at radius 3 is 2.46 bits per heavy atom. The largest absolute Gasteiger partial charge is 0.352 e. The molecule has 0 saturated carbocycles. The molecule has 28 heavy (non-hydrogen) atoms. The van der Waals surface area contributed by atoms with Gasteiger partial charge in [-0.1, -0.05) is 42.5 Å². The summed E-state index contributed by atoms with van der Waals surface area (Å²) in [5.74, 6) is 1.63. The molecule has 2 aromatic rings. The highest BCUT2D eigenvalue weighted by molar-refractivity contribution is 5.88. The van der Waals surface area contributed by atoms with Crippen LogP contribution in [-0.2, 0) is 17.8 Å². The van der Waals surface area contributed by atoms with E-state index in [-0.39, 0.29) is 5.91 Å². The van der Waals surface area contributed by atoms with Crippen molar-refractivity contribution in [3.63, 3.8) is 0 Å². The Morgan fingerprint density at radius 1 is 1.07 bits per heavy atom. The molecule has 0 atom stereocenters. The number of hydrogen-bond donors (Lipinski definition) is 2. The summed E-state index contributed by atoms with van der Waals surface area (Å²) < 4.78 is 0. The van der Waals surface area contributed by atoms with E-state index in [4.69, 9.17) is 0 Å². The lowest BCUT2D eigenvalue weighted by Crippen LogP contribution is -2.45. The van der Waals surface area contributed by atoms with Gasteiger partial charge in [0.15, 0.2) is 5.96 Å². The van der Waals surface area contributed by atoms with Gasteiger partial charge in [-0.3, -0.25) is 9.79 Å². The van der Waals surface area contributed by atoms with Crippen LogP contribution < -0.4 is 10.6 Å². The zero-order valence-electron chi connectivity index (χ0n) is 16.8. The van der Waals surface area contributed by atoms with Crippen LogP contribution in [0.4, 0.5) is 5.69 Å². The van der Waals surface area contributed by atoms with Crippen LogP contribution in [0.1, 0.15) is 30.9 Å². The van der Waals surface area contributed by atoms with Crippen molar-refractivity contribution in [2.24, 2.45) is 10.9 Å². The molecule has 0 radical (unpaired) electrons. The lowest BCUT2D eigenvalue weighted by molar-refractivity contribution is -0.114. The predicted molar refractivity (Wildman–Crippen MR) is 115 cm³/mol. The normalized spacial score (nSPS) is 15.4. The van der Waals surface area contributed by atoms with Crippen molar-refractivity contribution in [1.29, 1.82) is 0 Å². The Hall–Kier alpha value is -2.82. The zero-order valence-corrected chi connectivity index (χ0v) is 16.8. The minimum Gasteiger partial charge on any atom is -0.352 e. The summed E-state index contributed by atoms with van der Waals surface area (Å²) >= 11 is 0. The van der Waals surface area contributed by atoms with E-state index in [9.17, 15) is 4.79 Å². The van der Waals surface area contributed by atoms with Crippen LogP contribution in [-0.4, -0.2) is 36.9 Å². The maximum atomic E-state index is 11.2. The topological polar surface area (TPSA) is 56.7 Å². The number of guanidine groups is 1. The Labute approximate surface area is 167 Å². The van der Waals surface area contributed by atoms with E-state index < -0.39 is 0 Å². The van der Waals surface area contributed by atoms with Gasteiger partial charge in [0, 0.05) is 39.3 Å². The molecule has 0 bridgehead atoms. The van der Waals surface area contributed by atoms with Crippen LogP contribution in [0, 0.1) is 5.92 Å². The van der Waals surface area contributed by atoms with E-state index in [1.165, 1.54) is 25.3 Å². The highest BCUT2D eigenvalue weighted by atomic mass is 16.1. The van der Waals surface area contributed by atoms with Crippen molar-refractivity contribution >= 4 is 17.6 Å². The quantitative estimate of drug-likeness (QED) is 0.616. The molecule has 1 heterocycles. The van der Waals surface area contributed by atoms with Crippen molar-refractivity contribution < 1.29 is 4.79 Å². The lowest BCUT2D eigenvalue weighted by Gasteiger charge is -2.34. The van der Waals surface area contributed by atoms with E-state index in [0.29, 0.717) is 6.54 Å². The molecule has 5 nitrogen and oxygen atoms in total. The van der Waals surface area contributed by atoms with Gasteiger partial charge in [0.2, 0.25) is 5.91 Å². The first-order chi connectivity index (χ1) is 13.6. The average Bonchev–Trinajstić information content (AvgIpc) is 2.70. The molecule has 1 amide bonds. The van der Waals surface area contributed by atoms with E-state index in [0.717, 1.165) is 42.6 Å². The summed E-state index contributed by atoms with van der Waals surface area (Å²) in [6.45, 7) is 4.27. The van der Waals surface area contributed by atoms with Gasteiger partial charge in [0.25, 0.3) is 0 Å². The summed E-state index contributed by atoms with van der Waals surface area (Å²) in [5, 5.41) is 6.29. The van der Waals surface area contributed by atoms with Gasteiger partial charge in [0.1, 0.15) is 0 Å². The molecule has 1 aliphatic rings. The predicted octanol–water partition coefficient (Wildman–Crippen LogP) is 3.68. The molecule has 148 valence electrons. The van der Waals surface area contributed by atoms with Crippen molar-refractivity contribution in [3.8, 4) is 0 Å². The third kappa shape index (κ3) is 5.84. The Kier molecular flexibility index (Phi) is 7.06. The van der Waals surface area contributed by atoms with Gasteiger partial charge >= 0.3 is 0 Å². The first-order valence-electron chi connectivity index (χ1n) is 10.00. The third-order valence-corrected chi connectivity index (χ3v) is 5.19. The van der Waals surface area contributed by atoms with Gasteiger partial charge in [-0.05, 0) is 48.4 Å². The van der Waals surface area contributed by atoms with Crippen LogP contribution in [0.25, 0.3) is 0 Å². The molecule has 0 aliphatic carbocycles. The van der Waals surface area contributed by atoms with Crippen molar-refractivity contribution in [1.82, 2.24) is 10.2 Å². The number of nitrogens with one attached hydrogen (secondary N) is 2. The number of anilines is 1. The number of amides is 1. The van der Waals surface area contributed by atoms with E-state index in [2.05, 4.69) is 56.9 Å². The molecule has 3 rings (SSSR count).